The maximum atomic E-state index is 13.3. The number of rotatable bonds is 7. The second-order valence-corrected chi connectivity index (χ2v) is 3.42. The van der Waals surface area contributed by atoms with E-state index in [4.69, 9.17) is 10.5 Å². The zero-order valence-electron chi connectivity index (χ0n) is 9.46. The van der Waals surface area contributed by atoms with Gasteiger partial charge in [0.2, 0.25) is 0 Å². The van der Waals surface area contributed by atoms with E-state index in [9.17, 15) is 9.18 Å². The maximum absolute atomic E-state index is 13.3. The average molecular weight is 217 g/mol. The Morgan fingerprint density at radius 2 is 2.13 bits per heavy atom. The number of nitrogens with two attached hydrogens (primary N) is 1. The van der Waals surface area contributed by atoms with Gasteiger partial charge in [0.05, 0.1) is 12.3 Å². The number of carbonyl (C=O) groups is 1. The van der Waals surface area contributed by atoms with Gasteiger partial charge in [-0.2, -0.15) is 0 Å². The largest absolute Gasteiger partial charge is 0.462 e. The fourth-order valence-electron chi connectivity index (χ4n) is 1.02. The molecule has 15 heavy (non-hydrogen) atoms. The van der Waals surface area contributed by atoms with Gasteiger partial charge in [-0.1, -0.05) is 26.7 Å². The Balaban J connectivity index is 3.98. The van der Waals surface area contributed by atoms with Crippen LogP contribution in [0.3, 0.4) is 0 Å². The molecule has 0 saturated carbocycles. The van der Waals surface area contributed by atoms with E-state index in [0.717, 1.165) is 25.3 Å². The van der Waals surface area contributed by atoms with Crippen molar-refractivity contribution in [2.75, 3.05) is 6.61 Å². The monoisotopic (exact) mass is 217 g/mol. The summed E-state index contributed by atoms with van der Waals surface area (Å²) in [5.41, 5.74) is 5.38. The highest BCUT2D eigenvalue weighted by atomic mass is 19.1. The molecule has 88 valence electrons. The van der Waals surface area contributed by atoms with E-state index in [1.165, 1.54) is 0 Å². The number of ether oxygens (including phenoxy) is 1. The highest BCUT2D eigenvalue weighted by Gasteiger charge is 2.10. The third-order valence-electron chi connectivity index (χ3n) is 1.91. The lowest BCUT2D eigenvalue weighted by Gasteiger charge is -2.07. The van der Waals surface area contributed by atoms with E-state index in [1.54, 1.807) is 0 Å². The van der Waals surface area contributed by atoms with Gasteiger partial charge in [0.15, 0.2) is 0 Å². The third kappa shape index (κ3) is 6.94. The smallest absolute Gasteiger partial charge is 0.332 e. The van der Waals surface area contributed by atoms with E-state index in [2.05, 4.69) is 0 Å². The molecule has 0 aromatic rings. The van der Waals surface area contributed by atoms with E-state index in [-0.39, 0.29) is 5.70 Å². The van der Waals surface area contributed by atoms with Crippen LogP contribution in [0.5, 0.6) is 0 Å². The molecule has 0 aromatic heterocycles. The van der Waals surface area contributed by atoms with Crippen molar-refractivity contribution in [3.05, 3.63) is 11.8 Å². The highest BCUT2D eigenvalue weighted by Crippen LogP contribution is 2.10. The lowest BCUT2D eigenvalue weighted by Crippen LogP contribution is -2.15. The minimum Gasteiger partial charge on any atom is -0.462 e. The molecule has 2 N–H and O–H groups in total. The van der Waals surface area contributed by atoms with Crippen LogP contribution in [0, 0.1) is 0 Å². The Hall–Kier alpha value is -1.06. The van der Waals surface area contributed by atoms with Crippen molar-refractivity contribution in [2.45, 2.75) is 45.7 Å². The zero-order valence-corrected chi connectivity index (χ0v) is 9.46. The van der Waals surface area contributed by atoms with Crippen LogP contribution in [0.1, 0.15) is 39.5 Å². The normalized spacial score (nSPS) is 13.7. The average Bonchev–Trinajstić information content (AvgIpc) is 2.22. The number of halogens is 1. The molecule has 0 aliphatic rings. The van der Waals surface area contributed by atoms with Crippen LogP contribution >= 0.6 is 0 Å². The highest BCUT2D eigenvalue weighted by molar-refractivity contribution is 5.82. The molecule has 0 bridgehead atoms. The first-order valence-electron chi connectivity index (χ1n) is 5.39. The molecule has 0 spiro atoms. The molecule has 3 nitrogen and oxygen atoms in total. The van der Waals surface area contributed by atoms with Crippen molar-refractivity contribution in [1.29, 1.82) is 0 Å². The molecular weight excluding hydrogens is 197 g/mol. The molecule has 0 saturated heterocycles. The third-order valence-corrected chi connectivity index (χ3v) is 1.91. The number of hydrogen-bond acceptors (Lipinski definition) is 3. The first-order valence-corrected chi connectivity index (χ1v) is 5.39. The molecule has 0 radical (unpaired) electrons. The number of esters is 1. The summed E-state index contributed by atoms with van der Waals surface area (Å²) in [6.07, 6.45) is 2.58. The molecule has 0 fully saturated rings. The standard InChI is InChI=1S/C11H20FNO2/c1-3-5-6-9(12)10(13)8-11(14)15-7-4-2/h8-9H,3-7,13H2,1-2H3. The fraction of sp³-hybridized carbons (Fsp3) is 0.727. The quantitative estimate of drug-likeness (QED) is 0.526. The van der Waals surface area contributed by atoms with Gasteiger partial charge in [0.25, 0.3) is 0 Å². The van der Waals surface area contributed by atoms with E-state index in [1.807, 2.05) is 13.8 Å². The predicted octanol–water partition coefficient (Wildman–Crippen LogP) is 2.31. The SMILES string of the molecule is CCCCC(F)C(N)=CC(=O)OCCC. The van der Waals surface area contributed by atoms with E-state index in [0.29, 0.717) is 13.0 Å². The Labute approximate surface area is 90.5 Å². The predicted molar refractivity (Wildman–Crippen MR) is 57.9 cm³/mol. The molecule has 1 unspecified atom stereocenters. The van der Waals surface area contributed by atoms with Crippen LogP contribution in [0.2, 0.25) is 0 Å². The maximum Gasteiger partial charge on any atom is 0.332 e. The zero-order chi connectivity index (χ0) is 11.7. The molecule has 0 aromatic carbocycles. The van der Waals surface area contributed by atoms with Crippen LogP contribution in [0.25, 0.3) is 0 Å². The van der Waals surface area contributed by atoms with Gasteiger partial charge in [-0.3, -0.25) is 0 Å². The van der Waals surface area contributed by atoms with Crippen molar-refractivity contribution < 1.29 is 13.9 Å². The van der Waals surface area contributed by atoms with Crippen molar-refractivity contribution in [3.63, 3.8) is 0 Å². The number of unbranched alkanes of at least 4 members (excludes halogenated alkanes) is 1. The molecule has 0 rings (SSSR count). The summed E-state index contributed by atoms with van der Waals surface area (Å²) >= 11 is 0. The molecule has 0 aliphatic heterocycles. The van der Waals surface area contributed by atoms with Crippen LogP contribution < -0.4 is 5.73 Å². The second-order valence-electron chi connectivity index (χ2n) is 3.42. The molecule has 0 amide bonds. The van der Waals surface area contributed by atoms with Crippen molar-refractivity contribution in [3.8, 4) is 0 Å². The summed E-state index contributed by atoms with van der Waals surface area (Å²) in [6.45, 7) is 4.20. The Morgan fingerprint density at radius 1 is 1.47 bits per heavy atom. The fourth-order valence-corrected chi connectivity index (χ4v) is 1.02. The Morgan fingerprint density at radius 3 is 2.67 bits per heavy atom. The number of alkyl halides is 1. The Kier molecular flexibility index (Phi) is 7.68. The van der Waals surface area contributed by atoms with E-state index >= 15 is 0 Å². The second kappa shape index (κ2) is 8.26. The van der Waals surface area contributed by atoms with Crippen LogP contribution in [0.4, 0.5) is 4.39 Å². The molecule has 0 aliphatic carbocycles. The summed E-state index contributed by atoms with van der Waals surface area (Å²) in [4.78, 5) is 11.0. The van der Waals surface area contributed by atoms with Gasteiger partial charge in [-0.15, -0.1) is 0 Å². The number of carbonyl (C=O) groups excluding carboxylic acids is 1. The Bertz CT molecular complexity index is 217. The minimum absolute atomic E-state index is 0.0375. The van der Waals surface area contributed by atoms with Gasteiger partial charge in [-0.25, -0.2) is 9.18 Å². The van der Waals surface area contributed by atoms with E-state index < -0.39 is 12.1 Å². The van der Waals surface area contributed by atoms with Gasteiger partial charge < -0.3 is 10.5 Å². The van der Waals surface area contributed by atoms with Gasteiger partial charge in [-0.05, 0) is 12.8 Å². The summed E-state index contributed by atoms with van der Waals surface area (Å²) < 4.78 is 18.0. The molecular formula is C11H20FNO2. The topological polar surface area (TPSA) is 52.3 Å². The van der Waals surface area contributed by atoms with Crippen LogP contribution in [-0.2, 0) is 9.53 Å². The van der Waals surface area contributed by atoms with Crippen molar-refractivity contribution in [1.82, 2.24) is 0 Å². The lowest BCUT2D eigenvalue weighted by atomic mass is 10.1. The number of allylic oxidation sites excluding steroid dienone is 1. The van der Waals surface area contributed by atoms with Gasteiger partial charge >= 0.3 is 5.97 Å². The summed E-state index contributed by atoms with van der Waals surface area (Å²) in [6, 6.07) is 0. The summed E-state index contributed by atoms with van der Waals surface area (Å²) in [5.74, 6) is -0.562. The summed E-state index contributed by atoms with van der Waals surface area (Å²) in [5, 5.41) is 0. The number of hydrogen-bond donors (Lipinski definition) is 1. The van der Waals surface area contributed by atoms with Crippen LogP contribution in [0.15, 0.2) is 11.8 Å². The van der Waals surface area contributed by atoms with Crippen molar-refractivity contribution in [2.24, 2.45) is 5.73 Å². The molecule has 4 heteroatoms. The minimum atomic E-state index is -1.24. The molecule has 0 heterocycles. The first kappa shape index (κ1) is 13.9. The molecule has 1 atom stereocenters. The van der Waals surface area contributed by atoms with Gasteiger partial charge in [0.1, 0.15) is 6.17 Å². The first-order chi connectivity index (χ1) is 7.11. The van der Waals surface area contributed by atoms with Gasteiger partial charge in [0, 0.05) is 6.08 Å². The van der Waals surface area contributed by atoms with Crippen molar-refractivity contribution >= 4 is 5.97 Å². The lowest BCUT2D eigenvalue weighted by molar-refractivity contribution is -0.137. The summed E-state index contributed by atoms with van der Waals surface area (Å²) in [7, 11) is 0. The van der Waals surface area contributed by atoms with Crippen LogP contribution in [-0.4, -0.2) is 18.7 Å².